The molecular formula is C14H18O2. The second-order valence-electron chi connectivity index (χ2n) is 4.85. The molecule has 1 aliphatic rings. The maximum absolute atomic E-state index is 10.3. The van der Waals surface area contributed by atoms with Crippen molar-refractivity contribution in [1.29, 1.82) is 0 Å². The van der Waals surface area contributed by atoms with Crippen molar-refractivity contribution in [2.75, 3.05) is 6.61 Å². The molecule has 0 amide bonds. The Labute approximate surface area is 96.2 Å². The average Bonchev–Trinajstić information content (AvgIpc) is 2.53. The first-order valence-corrected chi connectivity index (χ1v) is 5.70. The Balaban J connectivity index is 2.52. The smallest absolute Gasteiger partial charge is 0.117 e. The number of fused-ring (bicyclic) bond motifs is 1. The van der Waals surface area contributed by atoms with Gasteiger partial charge in [-0.2, -0.15) is 0 Å². The van der Waals surface area contributed by atoms with Gasteiger partial charge in [0.2, 0.25) is 0 Å². The minimum atomic E-state index is -1.09. The lowest BCUT2D eigenvalue weighted by molar-refractivity contribution is -0.00987. The zero-order valence-electron chi connectivity index (χ0n) is 9.77. The van der Waals surface area contributed by atoms with E-state index in [-0.39, 0.29) is 6.61 Å². The number of hydrogen-bond donors (Lipinski definition) is 2. The molecule has 0 unspecified atom stereocenters. The monoisotopic (exact) mass is 218 g/mol. The maximum atomic E-state index is 10.3. The van der Waals surface area contributed by atoms with Gasteiger partial charge in [0.15, 0.2) is 0 Å². The first kappa shape index (κ1) is 11.4. The minimum absolute atomic E-state index is 0.223. The summed E-state index contributed by atoms with van der Waals surface area (Å²) in [7, 11) is 0. The van der Waals surface area contributed by atoms with Crippen molar-refractivity contribution in [1.82, 2.24) is 0 Å². The highest BCUT2D eigenvalue weighted by molar-refractivity contribution is 5.75. The van der Waals surface area contributed by atoms with Crippen LogP contribution >= 0.6 is 0 Å². The zero-order chi connectivity index (χ0) is 11.8. The molecule has 0 saturated heterocycles. The van der Waals surface area contributed by atoms with Gasteiger partial charge >= 0.3 is 0 Å². The van der Waals surface area contributed by atoms with Crippen LogP contribution in [0.25, 0.3) is 5.57 Å². The fourth-order valence-electron chi connectivity index (χ4n) is 2.37. The van der Waals surface area contributed by atoms with Crippen LogP contribution in [-0.4, -0.2) is 16.8 Å². The minimum Gasteiger partial charge on any atom is -0.393 e. The molecule has 86 valence electrons. The van der Waals surface area contributed by atoms with Crippen molar-refractivity contribution in [2.24, 2.45) is 5.92 Å². The third kappa shape index (κ3) is 1.79. The highest BCUT2D eigenvalue weighted by atomic mass is 16.3. The highest BCUT2D eigenvalue weighted by Gasteiger charge is 2.38. The van der Waals surface area contributed by atoms with E-state index in [9.17, 15) is 10.2 Å². The van der Waals surface area contributed by atoms with E-state index >= 15 is 0 Å². The Morgan fingerprint density at radius 1 is 1.38 bits per heavy atom. The van der Waals surface area contributed by atoms with Crippen LogP contribution in [0.15, 0.2) is 30.3 Å². The Kier molecular flexibility index (Phi) is 2.87. The molecule has 2 heteroatoms. The summed E-state index contributed by atoms with van der Waals surface area (Å²) in [6.07, 6.45) is 2.67. The summed E-state index contributed by atoms with van der Waals surface area (Å²) < 4.78 is 0. The van der Waals surface area contributed by atoms with Gasteiger partial charge < -0.3 is 10.2 Å². The Hall–Kier alpha value is -1.12. The second kappa shape index (κ2) is 4.04. The maximum Gasteiger partial charge on any atom is 0.117 e. The standard InChI is InChI=1S/C14H18O2/c1-10(2)7-11-8-14(16,9-15)13-6-4-3-5-12(11)13/h3-7,10,15-16H,8-9H2,1-2H3/b11-7+/t14-/m0/s1. The quantitative estimate of drug-likeness (QED) is 0.799. The lowest BCUT2D eigenvalue weighted by Crippen LogP contribution is -2.26. The fourth-order valence-corrected chi connectivity index (χ4v) is 2.37. The number of hydrogen-bond acceptors (Lipinski definition) is 2. The van der Waals surface area contributed by atoms with Crippen molar-refractivity contribution in [3.63, 3.8) is 0 Å². The number of allylic oxidation sites excluding steroid dienone is 1. The summed E-state index contributed by atoms with van der Waals surface area (Å²) in [5.41, 5.74) is 1.98. The van der Waals surface area contributed by atoms with Crippen LogP contribution in [0.4, 0.5) is 0 Å². The van der Waals surface area contributed by atoms with E-state index in [1.807, 2.05) is 24.3 Å². The predicted octanol–water partition coefficient (Wildman–Crippen LogP) is 2.31. The molecule has 0 spiro atoms. The number of rotatable bonds is 2. The topological polar surface area (TPSA) is 40.5 Å². The lowest BCUT2D eigenvalue weighted by Gasteiger charge is -2.20. The molecule has 16 heavy (non-hydrogen) atoms. The molecular weight excluding hydrogens is 200 g/mol. The van der Waals surface area contributed by atoms with E-state index < -0.39 is 5.60 Å². The van der Waals surface area contributed by atoms with Gasteiger partial charge in [0.25, 0.3) is 0 Å². The summed E-state index contributed by atoms with van der Waals surface area (Å²) in [4.78, 5) is 0. The van der Waals surface area contributed by atoms with Crippen molar-refractivity contribution in [3.8, 4) is 0 Å². The summed E-state index contributed by atoms with van der Waals surface area (Å²) >= 11 is 0. The fraction of sp³-hybridized carbons (Fsp3) is 0.429. The van der Waals surface area contributed by atoms with Gasteiger partial charge in [-0.05, 0) is 22.6 Å². The van der Waals surface area contributed by atoms with Gasteiger partial charge in [0.1, 0.15) is 5.60 Å². The van der Waals surface area contributed by atoms with Crippen molar-refractivity contribution in [2.45, 2.75) is 25.9 Å². The summed E-state index contributed by atoms with van der Waals surface area (Å²) in [5.74, 6) is 0.448. The van der Waals surface area contributed by atoms with Gasteiger partial charge in [-0.25, -0.2) is 0 Å². The summed E-state index contributed by atoms with van der Waals surface area (Å²) in [6.45, 7) is 4.01. The average molecular weight is 218 g/mol. The Morgan fingerprint density at radius 3 is 2.69 bits per heavy atom. The van der Waals surface area contributed by atoms with Gasteiger partial charge in [-0.3, -0.25) is 0 Å². The van der Waals surface area contributed by atoms with Crippen molar-refractivity contribution >= 4 is 5.57 Å². The number of benzene rings is 1. The van der Waals surface area contributed by atoms with E-state index in [1.165, 1.54) is 0 Å². The highest BCUT2D eigenvalue weighted by Crippen LogP contribution is 2.43. The SMILES string of the molecule is CC(C)/C=C1\C[C@](O)(CO)c2ccccc21. The molecule has 2 rings (SSSR count). The second-order valence-corrected chi connectivity index (χ2v) is 4.85. The van der Waals surface area contributed by atoms with Gasteiger partial charge in [-0.15, -0.1) is 0 Å². The lowest BCUT2D eigenvalue weighted by atomic mass is 9.97. The van der Waals surface area contributed by atoms with E-state index in [0.29, 0.717) is 12.3 Å². The van der Waals surface area contributed by atoms with Crippen LogP contribution < -0.4 is 0 Å². The van der Waals surface area contributed by atoms with E-state index in [4.69, 9.17) is 0 Å². The van der Waals surface area contributed by atoms with Gasteiger partial charge in [0.05, 0.1) is 6.61 Å². The van der Waals surface area contributed by atoms with Crippen molar-refractivity contribution in [3.05, 3.63) is 41.5 Å². The third-order valence-corrected chi connectivity index (χ3v) is 3.05. The molecule has 0 aliphatic heterocycles. The first-order chi connectivity index (χ1) is 7.57. The molecule has 0 radical (unpaired) electrons. The molecule has 1 atom stereocenters. The van der Waals surface area contributed by atoms with Crippen LogP contribution in [0.2, 0.25) is 0 Å². The normalized spacial score (nSPS) is 26.4. The largest absolute Gasteiger partial charge is 0.393 e. The summed E-state index contributed by atoms with van der Waals surface area (Å²) in [6, 6.07) is 7.78. The molecule has 0 heterocycles. The van der Waals surface area contributed by atoms with Gasteiger partial charge in [-0.1, -0.05) is 44.2 Å². The predicted molar refractivity (Wildman–Crippen MR) is 64.9 cm³/mol. The molecule has 0 bridgehead atoms. The molecule has 0 fully saturated rings. The molecule has 1 aromatic rings. The van der Waals surface area contributed by atoms with Crippen LogP contribution in [0.1, 0.15) is 31.4 Å². The molecule has 0 aromatic heterocycles. The third-order valence-electron chi connectivity index (χ3n) is 3.05. The van der Waals surface area contributed by atoms with Crippen LogP contribution in [0, 0.1) is 5.92 Å². The molecule has 0 saturated carbocycles. The Bertz CT molecular complexity index is 420. The Morgan fingerprint density at radius 2 is 2.06 bits per heavy atom. The first-order valence-electron chi connectivity index (χ1n) is 5.70. The van der Waals surface area contributed by atoms with Gasteiger partial charge in [0, 0.05) is 6.42 Å². The van der Waals surface area contributed by atoms with Crippen LogP contribution in [0.3, 0.4) is 0 Å². The van der Waals surface area contributed by atoms with E-state index in [2.05, 4.69) is 19.9 Å². The number of aliphatic hydroxyl groups excluding tert-OH is 1. The molecule has 1 aromatic carbocycles. The van der Waals surface area contributed by atoms with E-state index in [1.54, 1.807) is 0 Å². The molecule has 2 N–H and O–H groups in total. The summed E-state index contributed by atoms with van der Waals surface area (Å²) in [5, 5.41) is 19.7. The van der Waals surface area contributed by atoms with Crippen LogP contribution in [0.5, 0.6) is 0 Å². The van der Waals surface area contributed by atoms with E-state index in [0.717, 1.165) is 16.7 Å². The number of aliphatic hydroxyl groups is 2. The zero-order valence-corrected chi connectivity index (χ0v) is 9.77. The molecule has 1 aliphatic carbocycles. The van der Waals surface area contributed by atoms with Crippen molar-refractivity contribution < 1.29 is 10.2 Å². The molecule has 2 nitrogen and oxygen atoms in total. The van der Waals surface area contributed by atoms with Crippen LogP contribution in [-0.2, 0) is 5.60 Å².